The molecule has 0 amide bonds. The Morgan fingerprint density at radius 1 is 1.39 bits per heavy atom. The average molecular weight is 292 g/mol. The topological polar surface area (TPSA) is 46.6 Å². The second kappa shape index (κ2) is 7.09. The van der Waals surface area contributed by atoms with Crippen molar-refractivity contribution in [3.8, 4) is 0 Å². The summed E-state index contributed by atoms with van der Waals surface area (Å²) in [5, 5.41) is 0. The molecule has 0 atom stereocenters. The van der Waals surface area contributed by atoms with Gasteiger partial charge in [-0.2, -0.15) is 4.31 Å². The van der Waals surface area contributed by atoms with Gasteiger partial charge in [0.25, 0.3) is 0 Å². The number of hydrogen-bond acceptors (Lipinski definition) is 3. The lowest BCUT2D eigenvalue weighted by Crippen LogP contribution is -2.30. The molecule has 0 saturated heterocycles. The van der Waals surface area contributed by atoms with E-state index in [1.807, 2.05) is 6.92 Å². The van der Waals surface area contributed by atoms with E-state index in [1.54, 1.807) is 31.3 Å². The summed E-state index contributed by atoms with van der Waals surface area (Å²) in [4.78, 5) is 0.264. The largest absolute Gasteiger partial charge is 0.380 e. The van der Waals surface area contributed by atoms with Gasteiger partial charge in [0.1, 0.15) is 0 Å². The highest BCUT2D eigenvalue weighted by atomic mass is 35.5. The van der Waals surface area contributed by atoms with Gasteiger partial charge < -0.3 is 4.74 Å². The molecule has 0 aromatic heterocycles. The van der Waals surface area contributed by atoms with Gasteiger partial charge in [-0.3, -0.25) is 0 Å². The third-order valence-electron chi connectivity index (χ3n) is 2.52. The minimum Gasteiger partial charge on any atom is -0.380 e. The highest BCUT2D eigenvalue weighted by Gasteiger charge is 2.20. The zero-order chi connectivity index (χ0) is 13.6. The Hall–Kier alpha value is -0.620. The van der Waals surface area contributed by atoms with Crippen LogP contribution in [0, 0.1) is 0 Å². The third-order valence-corrected chi connectivity index (χ3v) is 4.68. The number of rotatable bonds is 7. The molecule has 4 nitrogen and oxygen atoms in total. The maximum absolute atomic E-state index is 12.2. The maximum Gasteiger partial charge on any atom is 0.242 e. The number of nitrogens with zero attached hydrogens (tertiary/aromatic N) is 1. The van der Waals surface area contributed by atoms with Gasteiger partial charge in [-0.1, -0.05) is 12.1 Å². The van der Waals surface area contributed by atoms with Gasteiger partial charge in [-0.15, -0.1) is 11.6 Å². The molecule has 6 heteroatoms. The second-order valence-corrected chi connectivity index (χ2v) is 6.12. The standard InChI is InChI=1S/C12H18ClNO3S/c1-3-17-8-7-14(2)18(15,16)12-6-4-5-11(9-12)10-13/h4-6,9H,3,7-8,10H2,1-2H3. The molecular weight excluding hydrogens is 274 g/mol. The maximum atomic E-state index is 12.2. The smallest absolute Gasteiger partial charge is 0.242 e. The summed E-state index contributed by atoms with van der Waals surface area (Å²) in [6.07, 6.45) is 0. The predicted molar refractivity (Wildman–Crippen MR) is 72.3 cm³/mol. The molecule has 0 aliphatic carbocycles. The molecule has 0 heterocycles. The number of hydrogen-bond donors (Lipinski definition) is 0. The molecule has 1 rings (SSSR count). The number of benzene rings is 1. The predicted octanol–water partition coefficient (Wildman–Crippen LogP) is 2.08. The zero-order valence-corrected chi connectivity index (χ0v) is 12.2. The van der Waals surface area contributed by atoms with Crippen LogP contribution in [0.3, 0.4) is 0 Å². The van der Waals surface area contributed by atoms with Crippen LogP contribution in [0.25, 0.3) is 0 Å². The van der Waals surface area contributed by atoms with Crippen molar-refractivity contribution in [1.82, 2.24) is 4.31 Å². The number of likely N-dealkylation sites (N-methyl/N-ethyl adjacent to an activating group) is 1. The van der Waals surface area contributed by atoms with Crippen molar-refractivity contribution in [1.29, 1.82) is 0 Å². The van der Waals surface area contributed by atoms with E-state index in [9.17, 15) is 8.42 Å². The van der Waals surface area contributed by atoms with E-state index in [4.69, 9.17) is 16.3 Å². The van der Waals surface area contributed by atoms with Crippen molar-refractivity contribution in [2.75, 3.05) is 26.8 Å². The molecule has 1 aromatic rings. The normalized spacial score (nSPS) is 12.0. The van der Waals surface area contributed by atoms with Crippen LogP contribution in [-0.4, -0.2) is 39.5 Å². The third kappa shape index (κ3) is 3.95. The van der Waals surface area contributed by atoms with Gasteiger partial charge in [0, 0.05) is 26.1 Å². The molecule has 0 aliphatic rings. The lowest BCUT2D eigenvalue weighted by Gasteiger charge is -2.17. The van der Waals surface area contributed by atoms with Crippen LogP contribution in [0.4, 0.5) is 0 Å². The van der Waals surface area contributed by atoms with E-state index < -0.39 is 10.0 Å². The van der Waals surface area contributed by atoms with Gasteiger partial charge in [-0.25, -0.2) is 8.42 Å². The van der Waals surface area contributed by atoms with Crippen molar-refractivity contribution in [2.24, 2.45) is 0 Å². The summed E-state index contributed by atoms with van der Waals surface area (Å²) >= 11 is 5.70. The highest BCUT2D eigenvalue weighted by molar-refractivity contribution is 7.89. The van der Waals surface area contributed by atoms with Crippen molar-refractivity contribution >= 4 is 21.6 Å². The van der Waals surface area contributed by atoms with Crippen LogP contribution in [0.2, 0.25) is 0 Å². The minimum absolute atomic E-state index is 0.264. The Morgan fingerprint density at radius 3 is 2.72 bits per heavy atom. The zero-order valence-electron chi connectivity index (χ0n) is 10.6. The van der Waals surface area contributed by atoms with E-state index in [0.717, 1.165) is 5.56 Å². The van der Waals surface area contributed by atoms with Gasteiger partial charge >= 0.3 is 0 Å². The SMILES string of the molecule is CCOCCN(C)S(=O)(=O)c1cccc(CCl)c1. The molecule has 0 saturated carbocycles. The molecule has 0 aliphatic heterocycles. The molecular formula is C12H18ClNO3S. The molecule has 0 unspecified atom stereocenters. The number of halogens is 1. The first-order chi connectivity index (χ1) is 8.52. The summed E-state index contributed by atoms with van der Waals surface area (Å²) in [5.74, 6) is 0.298. The summed E-state index contributed by atoms with van der Waals surface area (Å²) in [5.41, 5.74) is 0.788. The lowest BCUT2D eigenvalue weighted by molar-refractivity contribution is 0.138. The first kappa shape index (κ1) is 15.4. The molecule has 0 N–H and O–H groups in total. The highest BCUT2D eigenvalue weighted by Crippen LogP contribution is 2.16. The van der Waals surface area contributed by atoms with Crippen LogP contribution in [0.1, 0.15) is 12.5 Å². The Kier molecular flexibility index (Phi) is 6.08. The number of alkyl halides is 1. The van der Waals surface area contributed by atoms with E-state index in [1.165, 1.54) is 4.31 Å². The van der Waals surface area contributed by atoms with E-state index >= 15 is 0 Å². The van der Waals surface area contributed by atoms with Crippen LogP contribution in [-0.2, 0) is 20.6 Å². The summed E-state index contributed by atoms with van der Waals surface area (Å²) in [7, 11) is -1.91. The Labute approximate surface area is 114 Å². The van der Waals surface area contributed by atoms with Crippen molar-refractivity contribution in [3.63, 3.8) is 0 Å². The Bertz CT molecular complexity index is 476. The van der Waals surface area contributed by atoms with E-state index in [0.29, 0.717) is 25.6 Å². The van der Waals surface area contributed by atoms with Crippen LogP contribution < -0.4 is 0 Å². The summed E-state index contributed by atoms with van der Waals surface area (Å²) in [6.45, 7) is 3.18. The molecule has 0 bridgehead atoms. The van der Waals surface area contributed by atoms with Crippen molar-refractivity contribution < 1.29 is 13.2 Å². The number of ether oxygens (including phenoxy) is 1. The molecule has 0 fully saturated rings. The van der Waals surface area contributed by atoms with Gasteiger partial charge in [-0.05, 0) is 24.6 Å². The van der Waals surface area contributed by atoms with Crippen LogP contribution in [0.5, 0.6) is 0 Å². The van der Waals surface area contributed by atoms with E-state index in [-0.39, 0.29) is 4.90 Å². The van der Waals surface area contributed by atoms with E-state index in [2.05, 4.69) is 0 Å². The van der Waals surface area contributed by atoms with Gasteiger partial charge in [0.2, 0.25) is 10.0 Å². The Morgan fingerprint density at radius 2 is 2.11 bits per heavy atom. The molecule has 18 heavy (non-hydrogen) atoms. The summed E-state index contributed by atoms with van der Waals surface area (Å²) < 4.78 is 30.9. The first-order valence-electron chi connectivity index (χ1n) is 5.71. The van der Waals surface area contributed by atoms with Crippen LogP contribution >= 0.6 is 11.6 Å². The van der Waals surface area contributed by atoms with Crippen molar-refractivity contribution in [2.45, 2.75) is 17.7 Å². The van der Waals surface area contributed by atoms with Crippen molar-refractivity contribution in [3.05, 3.63) is 29.8 Å². The fourth-order valence-electron chi connectivity index (χ4n) is 1.43. The fraction of sp³-hybridized carbons (Fsp3) is 0.500. The molecule has 1 aromatic carbocycles. The lowest BCUT2D eigenvalue weighted by atomic mass is 10.2. The fourth-order valence-corrected chi connectivity index (χ4v) is 2.82. The summed E-state index contributed by atoms with van der Waals surface area (Å²) in [6, 6.07) is 6.66. The quantitative estimate of drug-likeness (QED) is 0.571. The average Bonchev–Trinajstić information content (AvgIpc) is 2.39. The second-order valence-electron chi connectivity index (χ2n) is 3.80. The number of sulfonamides is 1. The molecule has 102 valence electrons. The molecule has 0 spiro atoms. The monoisotopic (exact) mass is 291 g/mol. The van der Waals surface area contributed by atoms with Gasteiger partial charge in [0.05, 0.1) is 11.5 Å². The molecule has 0 radical (unpaired) electrons. The first-order valence-corrected chi connectivity index (χ1v) is 7.68. The van der Waals surface area contributed by atoms with Gasteiger partial charge in [0.15, 0.2) is 0 Å². The Balaban J connectivity index is 2.84. The van der Waals surface area contributed by atoms with Crippen LogP contribution in [0.15, 0.2) is 29.2 Å². The minimum atomic E-state index is -3.46.